The monoisotopic (exact) mass is 393 g/mol. The number of piperidine rings is 1. The number of nitrogens with zero attached hydrogens (tertiary/aromatic N) is 2. The molecule has 0 saturated carbocycles. The minimum atomic E-state index is -3.89. The zero-order chi connectivity index (χ0) is 19.6. The molecule has 0 atom stereocenters. The molecule has 27 heavy (non-hydrogen) atoms. The van der Waals surface area contributed by atoms with Gasteiger partial charge in [0.15, 0.2) is 5.76 Å². The molecule has 0 aliphatic carbocycles. The van der Waals surface area contributed by atoms with Crippen molar-refractivity contribution in [2.24, 2.45) is 0 Å². The van der Waals surface area contributed by atoms with E-state index in [1.165, 1.54) is 18.4 Å². The standard InChI is InChI=1S/C17H19N3O6S/c1-12-4-5-14(11-15(12)20(22)23)27(24,25)18-13-6-8-19(9-7-13)17(21)16-3-2-10-26-16/h2-5,10-11,13,18H,6-9H2,1H3. The smallest absolute Gasteiger partial charge is 0.289 e. The number of amides is 1. The van der Waals surface area contributed by atoms with Crippen molar-refractivity contribution in [2.45, 2.75) is 30.7 Å². The van der Waals surface area contributed by atoms with Gasteiger partial charge in [0.05, 0.1) is 16.1 Å². The number of hydrogen-bond acceptors (Lipinski definition) is 6. The Balaban J connectivity index is 1.65. The molecule has 2 heterocycles. The van der Waals surface area contributed by atoms with Gasteiger partial charge in [0, 0.05) is 30.8 Å². The average Bonchev–Trinajstić information content (AvgIpc) is 3.16. The molecular weight excluding hydrogens is 374 g/mol. The van der Waals surface area contributed by atoms with E-state index in [1.54, 1.807) is 24.0 Å². The third-order valence-corrected chi connectivity index (χ3v) is 6.04. The lowest BCUT2D eigenvalue weighted by Crippen LogP contribution is -2.46. The number of carbonyl (C=O) groups excluding carboxylic acids is 1. The van der Waals surface area contributed by atoms with Gasteiger partial charge in [-0.05, 0) is 38.0 Å². The fourth-order valence-corrected chi connectivity index (χ4v) is 4.32. The summed E-state index contributed by atoms with van der Waals surface area (Å²) in [5.41, 5.74) is 0.153. The number of nitro benzene ring substituents is 1. The van der Waals surface area contributed by atoms with Crippen molar-refractivity contribution in [1.82, 2.24) is 9.62 Å². The SMILES string of the molecule is Cc1ccc(S(=O)(=O)NC2CCN(C(=O)c3ccco3)CC2)cc1[N+](=O)[O-]. The number of benzene rings is 1. The van der Waals surface area contributed by atoms with Crippen LogP contribution in [0.15, 0.2) is 45.9 Å². The molecule has 9 nitrogen and oxygen atoms in total. The number of nitro groups is 1. The summed E-state index contributed by atoms with van der Waals surface area (Å²) in [4.78, 5) is 24.1. The van der Waals surface area contributed by atoms with Crippen molar-refractivity contribution in [3.63, 3.8) is 0 Å². The molecule has 2 aromatic rings. The summed E-state index contributed by atoms with van der Waals surface area (Å²) >= 11 is 0. The van der Waals surface area contributed by atoms with E-state index in [2.05, 4.69) is 4.72 Å². The minimum absolute atomic E-state index is 0.145. The lowest BCUT2D eigenvalue weighted by molar-refractivity contribution is -0.385. The van der Waals surface area contributed by atoms with Crippen molar-refractivity contribution in [1.29, 1.82) is 0 Å². The lowest BCUT2D eigenvalue weighted by atomic mass is 10.1. The zero-order valence-corrected chi connectivity index (χ0v) is 15.4. The highest BCUT2D eigenvalue weighted by molar-refractivity contribution is 7.89. The molecular formula is C17H19N3O6S. The number of aryl methyl sites for hydroxylation is 1. The number of furan rings is 1. The Morgan fingerprint density at radius 1 is 1.30 bits per heavy atom. The molecule has 0 unspecified atom stereocenters. The van der Waals surface area contributed by atoms with Crippen LogP contribution in [-0.4, -0.2) is 43.3 Å². The minimum Gasteiger partial charge on any atom is -0.459 e. The van der Waals surface area contributed by atoms with Crippen LogP contribution in [0.4, 0.5) is 5.69 Å². The summed E-state index contributed by atoms with van der Waals surface area (Å²) in [6, 6.07) is 6.69. The third-order valence-electron chi connectivity index (χ3n) is 4.52. The fourth-order valence-electron chi connectivity index (χ4n) is 3.00. The fraction of sp³-hybridized carbons (Fsp3) is 0.353. The van der Waals surface area contributed by atoms with Gasteiger partial charge in [0.2, 0.25) is 10.0 Å². The summed E-state index contributed by atoms with van der Waals surface area (Å²) < 4.78 is 32.8. The third kappa shape index (κ3) is 4.17. The summed E-state index contributed by atoms with van der Waals surface area (Å²) in [5.74, 6) is 0.0245. The first kappa shape index (κ1) is 19.1. The number of nitrogens with one attached hydrogen (secondary N) is 1. The van der Waals surface area contributed by atoms with Crippen molar-refractivity contribution in [3.05, 3.63) is 58.0 Å². The van der Waals surface area contributed by atoms with Crippen LogP contribution in [0.2, 0.25) is 0 Å². The van der Waals surface area contributed by atoms with Crippen LogP contribution in [0, 0.1) is 17.0 Å². The summed E-state index contributed by atoms with van der Waals surface area (Å²) in [6.07, 6.45) is 2.31. The Morgan fingerprint density at radius 3 is 2.59 bits per heavy atom. The summed E-state index contributed by atoms with van der Waals surface area (Å²) in [5, 5.41) is 11.0. The maximum atomic E-state index is 12.6. The van der Waals surface area contributed by atoms with Gasteiger partial charge in [-0.3, -0.25) is 14.9 Å². The summed E-state index contributed by atoms with van der Waals surface area (Å²) in [7, 11) is -3.89. The Morgan fingerprint density at radius 2 is 2.00 bits per heavy atom. The first-order valence-corrected chi connectivity index (χ1v) is 9.86. The Bertz CT molecular complexity index is 947. The van der Waals surface area contributed by atoms with Gasteiger partial charge in [0.25, 0.3) is 11.6 Å². The maximum Gasteiger partial charge on any atom is 0.289 e. The number of carbonyl (C=O) groups is 1. The van der Waals surface area contributed by atoms with Gasteiger partial charge >= 0.3 is 0 Å². The molecule has 144 valence electrons. The highest BCUT2D eigenvalue weighted by Crippen LogP contribution is 2.23. The van der Waals surface area contributed by atoms with E-state index in [1.807, 2.05) is 0 Å². The van der Waals surface area contributed by atoms with E-state index in [0.29, 0.717) is 31.5 Å². The molecule has 1 aromatic carbocycles. The predicted molar refractivity (Wildman–Crippen MR) is 95.8 cm³/mol. The first-order chi connectivity index (χ1) is 12.8. The molecule has 10 heteroatoms. The van der Waals surface area contributed by atoms with Crippen LogP contribution >= 0.6 is 0 Å². The van der Waals surface area contributed by atoms with Crippen molar-refractivity contribution >= 4 is 21.6 Å². The van der Waals surface area contributed by atoms with Crippen LogP contribution in [0.1, 0.15) is 29.0 Å². The molecule has 0 spiro atoms. The second-order valence-electron chi connectivity index (χ2n) is 6.37. The zero-order valence-electron chi connectivity index (χ0n) is 14.6. The molecule has 1 saturated heterocycles. The summed E-state index contributed by atoms with van der Waals surface area (Å²) in [6.45, 7) is 2.33. The number of likely N-dealkylation sites (tertiary alicyclic amines) is 1. The Kier molecular flexibility index (Phi) is 5.29. The van der Waals surface area contributed by atoms with Gasteiger partial charge in [-0.1, -0.05) is 6.07 Å². The number of rotatable bonds is 5. The van der Waals surface area contributed by atoms with Gasteiger partial charge in [0.1, 0.15) is 0 Å². The van der Waals surface area contributed by atoms with Gasteiger partial charge < -0.3 is 9.32 Å². The van der Waals surface area contributed by atoms with Gasteiger partial charge in [-0.2, -0.15) is 0 Å². The second-order valence-corrected chi connectivity index (χ2v) is 8.08. The molecule has 1 fully saturated rings. The van der Waals surface area contributed by atoms with Crippen LogP contribution in [0.3, 0.4) is 0 Å². The maximum absolute atomic E-state index is 12.6. The van der Waals surface area contributed by atoms with E-state index < -0.39 is 14.9 Å². The number of sulfonamides is 1. The quantitative estimate of drug-likeness (QED) is 0.613. The van der Waals surface area contributed by atoms with E-state index in [9.17, 15) is 23.3 Å². The molecule has 1 aliphatic rings. The molecule has 0 radical (unpaired) electrons. The highest BCUT2D eigenvalue weighted by Gasteiger charge is 2.28. The highest BCUT2D eigenvalue weighted by atomic mass is 32.2. The predicted octanol–water partition coefficient (Wildman–Crippen LogP) is 2.08. The molecule has 1 aromatic heterocycles. The normalized spacial score (nSPS) is 15.7. The van der Waals surface area contributed by atoms with Gasteiger partial charge in [-0.15, -0.1) is 0 Å². The van der Waals surface area contributed by atoms with Crippen LogP contribution < -0.4 is 4.72 Å². The molecule has 3 rings (SSSR count). The van der Waals surface area contributed by atoms with E-state index in [0.717, 1.165) is 6.07 Å². The molecule has 1 aliphatic heterocycles. The van der Waals surface area contributed by atoms with Crippen LogP contribution in [0.25, 0.3) is 0 Å². The Hall–Kier alpha value is -2.72. The molecule has 1 N–H and O–H groups in total. The van der Waals surface area contributed by atoms with Crippen molar-refractivity contribution < 1.29 is 22.6 Å². The first-order valence-electron chi connectivity index (χ1n) is 8.38. The average molecular weight is 393 g/mol. The van der Waals surface area contributed by atoms with Crippen molar-refractivity contribution in [2.75, 3.05) is 13.1 Å². The van der Waals surface area contributed by atoms with Crippen molar-refractivity contribution in [3.8, 4) is 0 Å². The molecule has 1 amide bonds. The lowest BCUT2D eigenvalue weighted by Gasteiger charge is -2.31. The van der Waals surface area contributed by atoms with E-state index in [-0.39, 0.29) is 28.3 Å². The van der Waals surface area contributed by atoms with Gasteiger partial charge in [-0.25, -0.2) is 13.1 Å². The topological polar surface area (TPSA) is 123 Å². The van der Waals surface area contributed by atoms with Crippen LogP contribution in [-0.2, 0) is 10.0 Å². The van der Waals surface area contributed by atoms with Crippen LogP contribution in [0.5, 0.6) is 0 Å². The van der Waals surface area contributed by atoms with E-state index >= 15 is 0 Å². The largest absolute Gasteiger partial charge is 0.459 e. The van der Waals surface area contributed by atoms with E-state index in [4.69, 9.17) is 4.42 Å². The number of hydrogen-bond donors (Lipinski definition) is 1. The Labute approximate surface area is 156 Å². The molecule has 0 bridgehead atoms. The second kappa shape index (κ2) is 7.49.